The van der Waals surface area contributed by atoms with Crippen molar-refractivity contribution in [2.75, 3.05) is 19.8 Å². The lowest BCUT2D eigenvalue weighted by Crippen LogP contribution is -2.32. The molecule has 0 aromatic heterocycles. The highest BCUT2D eigenvalue weighted by Crippen LogP contribution is 2.33. The van der Waals surface area contributed by atoms with Gasteiger partial charge in [0.15, 0.2) is 0 Å². The number of nitrogens with one attached hydrogen (secondary N) is 1. The minimum Gasteiger partial charge on any atom is -0.490 e. The summed E-state index contributed by atoms with van der Waals surface area (Å²) in [6, 6.07) is 9.07. The summed E-state index contributed by atoms with van der Waals surface area (Å²) < 4.78 is 11.4. The molecule has 3 nitrogen and oxygen atoms in total. The zero-order chi connectivity index (χ0) is 13.8. The molecule has 0 bridgehead atoms. The average Bonchev–Trinajstić information content (AvgIpc) is 3.30. The molecule has 1 aliphatic heterocycles. The molecule has 1 heterocycles. The van der Waals surface area contributed by atoms with Gasteiger partial charge in [-0.3, -0.25) is 0 Å². The zero-order valence-electron chi connectivity index (χ0n) is 12.3. The van der Waals surface area contributed by atoms with Crippen molar-refractivity contribution in [1.29, 1.82) is 0 Å². The Labute approximate surface area is 121 Å². The fourth-order valence-electron chi connectivity index (χ4n) is 2.99. The van der Waals surface area contributed by atoms with Crippen molar-refractivity contribution in [3.05, 3.63) is 29.8 Å². The van der Waals surface area contributed by atoms with Crippen molar-refractivity contribution >= 4 is 0 Å². The van der Waals surface area contributed by atoms with Crippen LogP contribution in [-0.4, -0.2) is 25.9 Å². The van der Waals surface area contributed by atoms with E-state index in [0.29, 0.717) is 18.1 Å². The van der Waals surface area contributed by atoms with Gasteiger partial charge in [0.2, 0.25) is 0 Å². The minimum atomic E-state index is 0.423. The van der Waals surface area contributed by atoms with Crippen LogP contribution in [-0.2, 0) is 4.74 Å². The Balaban J connectivity index is 1.74. The second kappa shape index (κ2) is 6.59. The fourth-order valence-corrected chi connectivity index (χ4v) is 2.99. The Hall–Kier alpha value is -1.06. The third-order valence-electron chi connectivity index (χ3n) is 4.21. The van der Waals surface area contributed by atoms with Gasteiger partial charge in [0.25, 0.3) is 0 Å². The van der Waals surface area contributed by atoms with E-state index in [1.54, 1.807) is 0 Å². The molecule has 2 aliphatic rings. The van der Waals surface area contributed by atoms with Crippen molar-refractivity contribution in [2.45, 2.75) is 44.8 Å². The first-order valence-electron chi connectivity index (χ1n) is 7.94. The summed E-state index contributed by atoms with van der Waals surface area (Å²) in [6.07, 6.45) is 5.17. The van der Waals surface area contributed by atoms with E-state index in [4.69, 9.17) is 9.47 Å². The SMILES string of the molecule is CCNC(c1cccc(OC2CC2)c1)C1CCOCC1. The van der Waals surface area contributed by atoms with Gasteiger partial charge < -0.3 is 14.8 Å². The summed E-state index contributed by atoms with van der Waals surface area (Å²) in [5, 5.41) is 3.65. The molecule has 2 fully saturated rings. The molecule has 20 heavy (non-hydrogen) atoms. The molecule has 0 amide bonds. The lowest BCUT2D eigenvalue weighted by molar-refractivity contribution is 0.0538. The van der Waals surface area contributed by atoms with Crippen LogP contribution in [0.15, 0.2) is 24.3 Å². The topological polar surface area (TPSA) is 30.5 Å². The van der Waals surface area contributed by atoms with Crippen LogP contribution in [0.25, 0.3) is 0 Å². The molecule has 0 spiro atoms. The van der Waals surface area contributed by atoms with Crippen LogP contribution in [0.1, 0.15) is 44.2 Å². The van der Waals surface area contributed by atoms with Crippen LogP contribution in [0.4, 0.5) is 0 Å². The summed E-state index contributed by atoms with van der Waals surface area (Å²) >= 11 is 0. The average molecular weight is 275 g/mol. The molecule has 3 rings (SSSR count). The van der Waals surface area contributed by atoms with E-state index in [-0.39, 0.29) is 0 Å². The molecule has 1 saturated carbocycles. The van der Waals surface area contributed by atoms with Crippen molar-refractivity contribution in [3.63, 3.8) is 0 Å². The number of benzene rings is 1. The Morgan fingerprint density at radius 3 is 2.75 bits per heavy atom. The van der Waals surface area contributed by atoms with E-state index in [9.17, 15) is 0 Å². The predicted molar refractivity (Wildman–Crippen MR) is 80.1 cm³/mol. The summed E-state index contributed by atoms with van der Waals surface area (Å²) in [4.78, 5) is 0. The molecule has 1 atom stereocenters. The predicted octanol–water partition coefficient (Wildman–Crippen LogP) is 3.31. The van der Waals surface area contributed by atoms with Crippen LogP contribution in [0.3, 0.4) is 0 Å². The molecule has 1 aromatic rings. The minimum absolute atomic E-state index is 0.423. The summed E-state index contributed by atoms with van der Waals surface area (Å²) in [6.45, 7) is 4.96. The van der Waals surface area contributed by atoms with Gasteiger partial charge in [0.05, 0.1) is 6.10 Å². The van der Waals surface area contributed by atoms with Gasteiger partial charge in [-0.1, -0.05) is 19.1 Å². The third-order valence-corrected chi connectivity index (χ3v) is 4.21. The van der Waals surface area contributed by atoms with Gasteiger partial charge in [-0.15, -0.1) is 0 Å². The Morgan fingerprint density at radius 2 is 2.05 bits per heavy atom. The second-order valence-corrected chi connectivity index (χ2v) is 5.87. The second-order valence-electron chi connectivity index (χ2n) is 5.87. The Kier molecular flexibility index (Phi) is 4.58. The third kappa shape index (κ3) is 3.53. The largest absolute Gasteiger partial charge is 0.490 e. The fraction of sp³-hybridized carbons (Fsp3) is 0.647. The van der Waals surface area contributed by atoms with Crippen molar-refractivity contribution in [3.8, 4) is 5.75 Å². The van der Waals surface area contributed by atoms with Crippen LogP contribution in [0, 0.1) is 5.92 Å². The number of ether oxygens (including phenoxy) is 2. The van der Waals surface area contributed by atoms with E-state index in [0.717, 1.165) is 38.3 Å². The lowest BCUT2D eigenvalue weighted by atomic mass is 9.87. The Morgan fingerprint density at radius 1 is 1.25 bits per heavy atom. The molecular weight excluding hydrogens is 250 g/mol. The van der Waals surface area contributed by atoms with E-state index < -0.39 is 0 Å². The highest BCUT2D eigenvalue weighted by Gasteiger charge is 2.26. The molecule has 1 N–H and O–H groups in total. The molecule has 1 saturated heterocycles. The van der Waals surface area contributed by atoms with Crippen molar-refractivity contribution in [1.82, 2.24) is 5.32 Å². The summed E-state index contributed by atoms with van der Waals surface area (Å²) in [5.41, 5.74) is 1.36. The monoisotopic (exact) mass is 275 g/mol. The zero-order valence-corrected chi connectivity index (χ0v) is 12.3. The smallest absolute Gasteiger partial charge is 0.120 e. The van der Waals surface area contributed by atoms with Gasteiger partial charge in [0, 0.05) is 19.3 Å². The summed E-state index contributed by atoms with van der Waals surface area (Å²) in [5.74, 6) is 1.69. The number of hydrogen-bond acceptors (Lipinski definition) is 3. The van der Waals surface area contributed by atoms with E-state index in [1.807, 2.05) is 0 Å². The first-order chi connectivity index (χ1) is 9.86. The number of rotatable bonds is 6. The summed E-state index contributed by atoms with van der Waals surface area (Å²) in [7, 11) is 0. The van der Waals surface area contributed by atoms with Gasteiger partial charge >= 0.3 is 0 Å². The van der Waals surface area contributed by atoms with Crippen LogP contribution >= 0.6 is 0 Å². The maximum atomic E-state index is 5.93. The van der Waals surface area contributed by atoms with Crippen molar-refractivity contribution < 1.29 is 9.47 Å². The normalized spacial score (nSPS) is 21.6. The highest BCUT2D eigenvalue weighted by molar-refractivity contribution is 5.31. The molecule has 1 unspecified atom stereocenters. The van der Waals surface area contributed by atoms with Crippen LogP contribution < -0.4 is 10.1 Å². The molecule has 110 valence electrons. The quantitative estimate of drug-likeness (QED) is 0.864. The van der Waals surface area contributed by atoms with E-state index >= 15 is 0 Å². The highest BCUT2D eigenvalue weighted by atomic mass is 16.5. The lowest BCUT2D eigenvalue weighted by Gasteiger charge is -2.31. The molecule has 1 aliphatic carbocycles. The van der Waals surface area contributed by atoms with Gasteiger partial charge in [-0.25, -0.2) is 0 Å². The van der Waals surface area contributed by atoms with E-state index in [1.165, 1.54) is 18.4 Å². The Bertz CT molecular complexity index is 425. The van der Waals surface area contributed by atoms with Crippen LogP contribution in [0.5, 0.6) is 5.75 Å². The van der Waals surface area contributed by atoms with Crippen LogP contribution in [0.2, 0.25) is 0 Å². The van der Waals surface area contributed by atoms with Gasteiger partial charge in [0.1, 0.15) is 5.75 Å². The first-order valence-corrected chi connectivity index (χ1v) is 7.94. The molecule has 1 aromatic carbocycles. The standard InChI is InChI=1S/C17H25NO2/c1-2-18-17(13-8-10-19-11-9-13)14-4-3-5-16(12-14)20-15-6-7-15/h3-5,12-13,15,17-18H,2,6-11H2,1H3. The van der Waals surface area contributed by atoms with Gasteiger partial charge in [-0.05, 0) is 55.8 Å². The first kappa shape index (κ1) is 13.9. The van der Waals surface area contributed by atoms with Crippen molar-refractivity contribution in [2.24, 2.45) is 5.92 Å². The molecular formula is C17H25NO2. The van der Waals surface area contributed by atoms with E-state index in [2.05, 4.69) is 36.5 Å². The molecule has 3 heteroatoms. The maximum Gasteiger partial charge on any atom is 0.120 e. The van der Waals surface area contributed by atoms with Gasteiger partial charge in [-0.2, -0.15) is 0 Å². The maximum absolute atomic E-state index is 5.93. The number of hydrogen-bond donors (Lipinski definition) is 1. The molecule has 0 radical (unpaired) electrons.